The summed E-state index contributed by atoms with van der Waals surface area (Å²) in [5, 5.41) is 0.437. The molecule has 2 bridgehead atoms. The molecule has 2 saturated heterocycles. The van der Waals surface area contributed by atoms with E-state index in [1.54, 1.807) is 6.07 Å². The lowest BCUT2D eigenvalue weighted by Gasteiger charge is -2.51. The quantitative estimate of drug-likeness (QED) is 0.300. The van der Waals surface area contributed by atoms with E-state index in [-0.39, 0.29) is 22.5 Å². The number of hydrogen-bond acceptors (Lipinski definition) is 8. The van der Waals surface area contributed by atoms with Crippen molar-refractivity contribution in [2.24, 2.45) is 17.8 Å². The van der Waals surface area contributed by atoms with Gasteiger partial charge in [0.25, 0.3) is 5.91 Å². The SMILES string of the molecule is C=S1(=O)NC(=O)c2ccc3c(c2)N(C[C@@H]2CC[C@H]2[C@](CCN2CCN4CCOC[C@@H]4C2)(OC)/C=C/C[C@H](C)[C@H]1C)C[C@@]1(CCCc2cc(Cl)ccc21)CO3. The molecule has 1 unspecified atom stereocenters. The van der Waals surface area contributed by atoms with Crippen molar-refractivity contribution in [1.82, 2.24) is 14.5 Å². The average molecular weight is 779 g/mol. The Morgan fingerprint density at radius 3 is 2.80 bits per heavy atom. The largest absolute Gasteiger partial charge is 0.490 e. The number of nitrogens with zero attached hydrogens (tertiary/aromatic N) is 3. The van der Waals surface area contributed by atoms with Crippen LogP contribution in [0.5, 0.6) is 5.75 Å². The van der Waals surface area contributed by atoms with Crippen molar-refractivity contribution in [3.8, 4) is 5.75 Å². The van der Waals surface area contributed by atoms with Crippen LogP contribution in [0.15, 0.2) is 48.6 Å². The molecule has 54 heavy (non-hydrogen) atoms. The third kappa shape index (κ3) is 7.36. The minimum atomic E-state index is -2.96. The molecule has 2 aliphatic carbocycles. The number of allylic oxidation sites excluding steroid dienone is 1. The summed E-state index contributed by atoms with van der Waals surface area (Å²) in [7, 11) is -1.06. The number of carbonyl (C=O) groups is 1. The predicted molar refractivity (Wildman–Crippen MR) is 219 cm³/mol. The summed E-state index contributed by atoms with van der Waals surface area (Å²) in [4.78, 5) is 21.5. The molecule has 2 aromatic rings. The Morgan fingerprint density at radius 1 is 1.11 bits per heavy atom. The van der Waals surface area contributed by atoms with E-state index < -0.39 is 15.3 Å². The molecule has 11 heteroatoms. The molecule has 6 aliphatic rings. The first-order valence-electron chi connectivity index (χ1n) is 20.2. The zero-order valence-corrected chi connectivity index (χ0v) is 34.0. The van der Waals surface area contributed by atoms with Gasteiger partial charge in [-0.15, -0.1) is 0 Å². The number of anilines is 1. The van der Waals surface area contributed by atoms with Crippen molar-refractivity contribution >= 4 is 38.8 Å². The minimum Gasteiger partial charge on any atom is -0.490 e. The normalized spacial score (nSPS) is 36.8. The summed E-state index contributed by atoms with van der Waals surface area (Å²) in [5.41, 5.74) is 3.34. The lowest BCUT2D eigenvalue weighted by atomic mass is 9.62. The Kier molecular flexibility index (Phi) is 10.9. The van der Waals surface area contributed by atoms with Gasteiger partial charge in [0, 0.05) is 80.2 Å². The maximum absolute atomic E-state index is 14.1. The molecule has 1 saturated carbocycles. The first-order chi connectivity index (χ1) is 26.0. The van der Waals surface area contributed by atoms with Crippen molar-refractivity contribution in [3.05, 3.63) is 70.3 Å². The van der Waals surface area contributed by atoms with Crippen LogP contribution in [-0.4, -0.2) is 115 Å². The third-order valence-electron chi connectivity index (χ3n) is 14.1. The molecule has 8 atom stereocenters. The monoisotopic (exact) mass is 778 g/mol. The van der Waals surface area contributed by atoms with Gasteiger partial charge in [0.15, 0.2) is 0 Å². The summed E-state index contributed by atoms with van der Waals surface area (Å²) in [6, 6.07) is 12.5. The van der Waals surface area contributed by atoms with Gasteiger partial charge in [-0.1, -0.05) is 36.7 Å². The Labute approximate surface area is 327 Å². The van der Waals surface area contributed by atoms with E-state index in [1.807, 2.05) is 32.2 Å². The molecule has 4 heterocycles. The summed E-state index contributed by atoms with van der Waals surface area (Å²) in [5.74, 6) is 5.24. The number of amides is 1. The van der Waals surface area contributed by atoms with Crippen LogP contribution >= 0.6 is 11.6 Å². The molecule has 9 nitrogen and oxygen atoms in total. The number of halogens is 1. The molecular weight excluding hydrogens is 720 g/mol. The molecule has 4 aliphatic heterocycles. The van der Waals surface area contributed by atoms with Crippen LogP contribution in [0.2, 0.25) is 5.02 Å². The number of hydrogen-bond donors (Lipinski definition) is 1. The fourth-order valence-electron chi connectivity index (χ4n) is 10.4. The van der Waals surface area contributed by atoms with Gasteiger partial charge in [0.05, 0.1) is 40.8 Å². The number of aryl methyl sites for hydroxylation is 1. The van der Waals surface area contributed by atoms with E-state index in [0.717, 1.165) is 120 Å². The summed E-state index contributed by atoms with van der Waals surface area (Å²) in [6.45, 7) is 13.0. The zero-order chi connectivity index (χ0) is 37.7. The second-order valence-corrected chi connectivity index (χ2v) is 20.0. The van der Waals surface area contributed by atoms with Crippen LogP contribution in [0, 0.1) is 17.8 Å². The van der Waals surface area contributed by atoms with Gasteiger partial charge in [0.1, 0.15) is 5.75 Å². The van der Waals surface area contributed by atoms with E-state index in [9.17, 15) is 9.00 Å². The number of carbonyl (C=O) groups excluding carboxylic acids is 1. The average Bonchev–Trinajstić information content (AvgIpc) is 3.30. The lowest BCUT2D eigenvalue weighted by molar-refractivity contribution is -0.0898. The Balaban J connectivity index is 1.16. The van der Waals surface area contributed by atoms with Crippen molar-refractivity contribution in [3.63, 3.8) is 0 Å². The maximum atomic E-state index is 14.1. The summed E-state index contributed by atoms with van der Waals surface area (Å²) in [6.07, 6.45) is 11.5. The number of piperazine rings is 1. The van der Waals surface area contributed by atoms with Crippen molar-refractivity contribution in [2.45, 2.75) is 81.1 Å². The van der Waals surface area contributed by atoms with Gasteiger partial charge in [-0.25, -0.2) is 4.21 Å². The van der Waals surface area contributed by atoms with Crippen LogP contribution in [0.4, 0.5) is 5.69 Å². The Hall–Kier alpha value is -2.60. The van der Waals surface area contributed by atoms with Crippen molar-refractivity contribution in [2.75, 3.05) is 77.6 Å². The molecule has 3 fully saturated rings. The molecule has 2 aromatic carbocycles. The van der Waals surface area contributed by atoms with E-state index in [0.29, 0.717) is 30.0 Å². The van der Waals surface area contributed by atoms with Gasteiger partial charge in [-0.2, -0.15) is 0 Å². The molecule has 1 N–H and O–H groups in total. The molecule has 1 spiro atoms. The second-order valence-electron chi connectivity index (χ2n) is 17.2. The van der Waals surface area contributed by atoms with Crippen LogP contribution in [0.3, 0.4) is 0 Å². The highest BCUT2D eigenvalue weighted by molar-refractivity contribution is 7.99. The minimum absolute atomic E-state index is 0.0333. The van der Waals surface area contributed by atoms with Crippen LogP contribution in [0.25, 0.3) is 0 Å². The third-order valence-corrected chi connectivity index (χ3v) is 16.5. The van der Waals surface area contributed by atoms with Gasteiger partial charge in [0.2, 0.25) is 0 Å². The van der Waals surface area contributed by atoms with E-state index in [1.165, 1.54) is 11.1 Å². The fraction of sp³-hybridized carbons (Fsp3) is 0.628. The number of benzene rings is 2. The zero-order valence-electron chi connectivity index (χ0n) is 32.4. The smallest absolute Gasteiger partial charge is 0.262 e. The highest BCUT2D eigenvalue weighted by Gasteiger charge is 2.49. The number of ether oxygens (including phenoxy) is 3. The topological polar surface area (TPSA) is 83.6 Å². The van der Waals surface area contributed by atoms with Gasteiger partial charge in [-0.05, 0) is 117 Å². The first-order valence-corrected chi connectivity index (χ1v) is 22.4. The lowest BCUT2D eigenvalue weighted by Crippen LogP contribution is -2.59. The van der Waals surface area contributed by atoms with Crippen molar-refractivity contribution in [1.29, 1.82) is 0 Å². The number of methoxy groups -OCH3 is 1. The van der Waals surface area contributed by atoms with Gasteiger partial charge in [-0.3, -0.25) is 14.4 Å². The highest BCUT2D eigenvalue weighted by atomic mass is 35.5. The number of fused-ring (bicyclic) bond motifs is 5. The van der Waals surface area contributed by atoms with Crippen molar-refractivity contribution < 1.29 is 23.2 Å². The number of morpholine rings is 1. The summed E-state index contributed by atoms with van der Waals surface area (Å²) < 4.78 is 36.3. The molecule has 1 amide bonds. The molecular formula is C43H59ClN4O5S. The van der Waals surface area contributed by atoms with Gasteiger partial charge < -0.3 is 24.0 Å². The van der Waals surface area contributed by atoms with E-state index in [4.69, 9.17) is 25.8 Å². The van der Waals surface area contributed by atoms with E-state index >= 15 is 0 Å². The standard InChI is InChI=1S/C43H59ClN4O5S/c1-30-7-5-16-43(51-3,17-18-46-19-20-47-21-22-52-27-36(47)26-46)38-12-9-34(38)25-48-28-42(15-6-8-32-23-35(44)11-13-37(32)42)29-53-40-14-10-33(24-39(40)48)41(49)45-54(4,50)31(30)2/h5,10-11,13-14,16,23-24,30-31,34,36,38H,4,6-9,12,15,17-22,25-29H2,1-3H3,(H,45,49,50)/b16-5+/t30-,31+,34-,36-,38+,42-,43-,54?/m0/s1. The van der Waals surface area contributed by atoms with Crippen LogP contribution in [-0.2, 0) is 31.0 Å². The van der Waals surface area contributed by atoms with Gasteiger partial charge >= 0.3 is 0 Å². The van der Waals surface area contributed by atoms with Crippen LogP contribution in [0.1, 0.15) is 73.9 Å². The van der Waals surface area contributed by atoms with Crippen LogP contribution < -0.4 is 14.4 Å². The molecule has 0 radical (unpaired) electrons. The Morgan fingerprint density at radius 2 is 1.98 bits per heavy atom. The predicted octanol–water partition coefficient (Wildman–Crippen LogP) is 5.98. The molecule has 8 rings (SSSR count). The highest BCUT2D eigenvalue weighted by Crippen LogP contribution is 2.50. The Bertz CT molecular complexity index is 1860. The summed E-state index contributed by atoms with van der Waals surface area (Å²) >= 11 is 6.53. The number of rotatable bonds is 4. The second kappa shape index (κ2) is 15.4. The maximum Gasteiger partial charge on any atom is 0.262 e. The molecule has 0 aromatic heterocycles. The van der Waals surface area contributed by atoms with E-state index in [2.05, 4.69) is 56.5 Å². The first kappa shape index (κ1) is 38.3. The number of nitrogens with one attached hydrogen (secondary N) is 1. The fourth-order valence-corrected chi connectivity index (χ4v) is 12.1. The molecule has 294 valence electrons.